The first-order chi connectivity index (χ1) is 17.0. The van der Waals surface area contributed by atoms with E-state index in [1.165, 1.54) is 5.57 Å². The van der Waals surface area contributed by atoms with Crippen molar-refractivity contribution in [3.05, 3.63) is 58.2 Å². The number of aromatic hydroxyl groups is 1. The van der Waals surface area contributed by atoms with Gasteiger partial charge in [0.05, 0.1) is 5.56 Å². The number of benzene rings is 2. The fraction of sp³-hybridized carbons (Fsp3) is 0.531. The third kappa shape index (κ3) is 4.79. The molecule has 4 rings (SSSR count). The van der Waals surface area contributed by atoms with Crippen LogP contribution in [-0.2, 0) is 16.8 Å². The number of fused-ring (bicyclic) bond motifs is 3. The molecule has 1 aliphatic carbocycles. The number of carbonyl (C=O) groups excluding carboxylic acids is 1. The second kappa shape index (κ2) is 9.95. The molecule has 0 radical (unpaired) electrons. The van der Waals surface area contributed by atoms with Gasteiger partial charge in [-0.3, -0.25) is 0 Å². The summed E-state index contributed by atoms with van der Waals surface area (Å²) in [6, 6.07) is 8.17. The summed E-state index contributed by atoms with van der Waals surface area (Å²) in [6.07, 6.45) is 8.38. The predicted octanol–water partition coefficient (Wildman–Crippen LogP) is 8.41. The molecule has 0 bridgehead atoms. The summed E-state index contributed by atoms with van der Waals surface area (Å²) in [4.78, 5) is 13.9. The largest absolute Gasteiger partial charge is 0.506 e. The molecule has 1 N–H and O–H groups in total. The first-order valence-electron chi connectivity index (χ1n) is 13.6. The summed E-state index contributed by atoms with van der Waals surface area (Å²) < 4.78 is 12.8. The van der Waals surface area contributed by atoms with E-state index in [1.807, 2.05) is 26.8 Å². The maximum absolute atomic E-state index is 13.9. The van der Waals surface area contributed by atoms with Gasteiger partial charge >= 0.3 is 5.97 Å². The molecule has 2 aromatic carbocycles. The molecule has 0 aromatic heterocycles. The van der Waals surface area contributed by atoms with Gasteiger partial charge in [-0.25, -0.2) is 4.79 Å². The molecule has 0 fully saturated rings. The lowest BCUT2D eigenvalue weighted by Crippen LogP contribution is -2.41. The number of carbonyl (C=O) groups is 1. The number of phenolic OH excluding ortho intramolecular Hbond substituents is 1. The molecule has 1 heterocycles. The SMILES string of the molecule is CCCCCc1cc2c(c(O)c1C(=O)O[C@]1(C(C)C)CC=C(C)CC1)-c1cc(C)ccc1C(C)(C)O2. The standard InChI is InChI=1S/C32H42O4/c1-8-9-10-11-23-19-26-28(24-18-22(5)12-13-25(24)31(6,7)35-26)29(33)27(23)30(34)36-32(20(2)3)16-14-21(4)15-17-32/h12-14,18-20,33H,8-11,15-17H2,1-7H3/t32-/m1/s1. The van der Waals surface area contributed by atoms with Crippen molar-refractivity contribution >= 4 is 5.97 Å². The Hall–Kier alpha value is -2.75. The van der Waals surface area contributed by atoms with Crippen LogP contribution in [0.4, 0.5) is 0 Å². The first-order valence-corrected chi connectivity index (χ1v) is 13.6. The van der Waals surface area contributed by atoms with Gasteiger partial charge in [-0.2, -0.15) is 0 Å². The average molecular weight is 491 g/mol. The van der Waals surface area contributed by atoms with Crippen molar-refractivity contribution in [1.29, 1.82) is 0 Å². The number of aryl methyl sites for hydroxylation is 2. The molecule has 0 amide bonds. The molecule has 2 aliphatic rings. The van der Waals surface area contributed by atoms with Crippen molar-refractivity contribution < 1.29 is 19.4 Å². The number of hydrogen-bond donors (Lipinski definition) is 1. The molecule has 1 atom stereocenters. The molecule has 36 heavy (non-hydrogen) atoms. The van der Waals surface area contributed by atoms with Gasteiger partial charge < -0.3 is 14.6 Å². The van der Waals surface area contributed by atoms with E-state index < -0.39 is 17.2 Å². The van der Waals surface area contributed by atoms with Crippen LogP contribution in [0, 0.1) is 12.8 Å². The number of allylic oxidation sites excluding steroid dienone is 1. The van der Waals surface area contributed by atoms with Gasteiger partial charge in [-0.05, 0) is 76.5 Å². The van der Waals surface area contributed by atoms with E-state index >= 15 is 0 Å². The highest BCUT2D eigenvalue weighted by Crippen LogP contribution is 2.52. The molecule has 2 aromatic rings. The van der Waals surface area contributed by atoms with Crippen LogP contribution in [0.25, 0.3) is 11.1 Å². The highest BCUT2D eigenvalue weighted by molar-refractivity contribution is 5.99. The number of esters is 1. The number of phenols is 1. The summed E-state index contributed by atoms with van der Waals surface area (Å²) in [5.41, 5.74) is 4.94. The molecule has 0 unspecified atom stereocenters. The van der Waals surface area contributed by atoms with E-state index in [4.69, 9.17) is 9.47 Å². The fourth-order valence-corrected chi connectivity index (χ4v) is 5.68. The monoisotopic (exact) mass is 490 g/mol. The van der Waals surface area contributed by atoms with Crippen LogP contribution < -0.4 is 4.74 Å². The molecule has 0 saturated carbocycles. The molecule has 0 spiro atoms. The number of hydrogen-bond acceptors (Lipinski definition) is 4. The summed E-state index contributed by atoms with van der Waals surface area (Å²) >= 11 is 0. The maximum atomic E-state index is 13.9. The van der Waals surface area contributed by atoms with E-state index in [-0.39, 0.29) is 11.7 Å². The van der Waals surface area contributed by atoms with Gasteiger partial charge in [0.2, 0.25) is 0 Å². The molecule has 194 valence electrons. The Labute approximate surface area is 216 Å². The predicted molar refractivity (Wildman–Crippen MR) is 146 cm³/mol. The summed E-state index contributed by atoms with van der Waals surface area (Å²) in [7, 11) is 0. The smallest absolute Gasteiger partial charge is 0.342 e. The van der Waals surface area contributed by atoms with Crippen LogP contribution in [-0.4, -0.2) is 16.7 Å². The van der Waals surface area contributed by atoms with Crippen LogP contribution in [0.15, 0.2) is 35.9 Å². The quantitative estimate of drug-likeness (QED) is 0.240. The van der Waals surface area contributed by atoms with Crippen molar-refractivity contribution in [2.75, 3.05) is 0 Å². The lowest BCUT2D eigenvalue weighted by Gasteiger charge is -2.40. The molecule has 1 aliphatic heterocycles. The van der Waals surface area contributed by atoms with Gasteiger partial charge in [0.1, 0.15) is 28.3 Å². The van der Waals surface area contributed by atoms with Gasteiger partial charge in [-0.1, -0.05) is 69.0 Å². The Kier molecular flexibility index (Phi) is 7.28. The van der Waals surface area contributed by atoms with Crippen molar-refractivity contribution in [3.8, 4) is 22.6 Å². The number of rotatable bonds is 7. The lowest BCUT2D eigenvalue weighted by atomic mass is 9.78. The van der Waals surface area contributed by atoms with E-state index in [0.717, 1.165) is 54.4 Å². The lowest BCUT2D eigenvalue weighted by molar-refractivity contribution is -0.0498. The average Bonchev–Trinajstić information content (AvgIpc) is 2.80. The maximum Gasteiger partial charge on any atom is 0.342 e. The van der Waals surface area contributed by atoms with E-state index in [0.29, 0.717) is 29.7 Å². The van der Waals surface area contributed by atoms with Crippen LogP contribution >= 0.6 is 0 Å². The first kappa shape index (κ1) is 26.3. The molecule has 4 nitrogen and oxygen atoms in total. The Balaban J connectivity index is 1.85. The highest BCUT2D eigenvalue weighted by atomic mass is 16.6. The molecular formula is C32H42O4. The zero-order valence-electron chi connectivity index (χ0n) is 23.1. The van der Waals surface area contributed by atoms with Gasteiger partial charge in [-0.15, -0.1) is 0 Å². The van der Waals surface area contributed by atoms with E-state index in [1.54, 1.807) is 0 Å². The third-order valence-corrected chi connectivity index (χ3v) is 8.15. The van der Waals surface area contributed by atoms with E-state index in [9.17, 15) is 9.90 Å². The fourth-order valence-electron chi connectivity index (χ4n) is 5.68. The van der Waals surface area contributed by atoms with Crippen molar-refractivity contribution in [3.63, 3.8) is 0 Å². The normalized spacial score (nSPS) is 20.3. The number of unbranched alkanes of at least 4 members (excludes halogenated alkanes) is 2. The third-order valence-electron chi connectivity index (χ3n) is 8.15. The number of ether oxygens (including phenoxy) is 2. The van der Waals surface area contributed by atoms with Crippen LogP contribution in [0.2, 0.25) is 0 Å². The Morgan fingerprint density at radius 3 is 2.56 bits per heavy atom. The Morgan fingerprint density at radius 2 is 1.92 bits per heavy atom. The minimum atomic E-state index is -0.563. The minimum Gasteiger partial charge on any atom is -0.506 e. The van der Waals surface area contributed by atoms with Gasteiger partial charge in [0.25, 0.3) is 0 Å². The van der Waals surface area contributed by atoms with Gasteiger partial charge in [0.15, 0.2) is 0 Å². The van der Waals surface area contributed by atoms with Gasteiger partial charge in [0, 0.05) is 12.0 Å². The van der Waals surface area contributed by atoms with Crippen molar-refractivity contribution in [2.24, 2.45) is 5.92 Å². The van der Waals surface area contributed by atoms with Crippen LogP contribution in [0.5, 0.6) is 11.5 Å². The van der Waals surface area contributed by atoms with E-state index in [2.05, 4.69) is 52.0 Å². The summed E-state index contributed by atoms with van der Waals surface area (Å²) in [6.45, 7) is 14.7. The molecule has 4 heteroatoms. The van der Waals surface area contributed by atoms with Crippen molar-refractivity contribution in [1.82, 2.24) is 0 Å². The molecule has 0 saturated heterocycles. The summed E-state index contributed by atoms with van der Waals surface area (Å²) in [5, 5.41) is 11.8. The summed E-state index contributed by atoms with van der Waals surface area (Å²) in [5.74, 6) is 0.352. The van der Waals surface area contributed by atoms with Crippen molar-refractivity contribution in [2.45, 2.75) is 105 Å². The van der Waals surface area contributed by atoms with Crippen LogP contribution in [0.1, 0.15) is 107 Å². The second-order valence-electron chi connectivity index (χ2n) is 11.6. The molecular weight excluding hydrogens is 448 g/mol. The zero-order chi connectivity index (χ0) is 26.3. The highest BCUT2D eigenvalue weighted by Gasteiger charge is 2.41. The minimum absolute atomic E-state index is 0.0206. The second-order valence-corrected chi connectivity index (χ2v) is 11.6. The Bertz CT molecular complexity index is 1190. The Morgan fingerprint density at radius 1 is 1.17 bits per heavy atom. The topological polar surface area (TPSA) is 55.8 Å². The zero-order valence-corrected chi connectivity index (χ0v) is 23.1. The van der Waals surface area contributed by atoms with Crippen LogP contribution in [0.3, 0.4) is 0 Å².